The summed E-state index contributed by atoms with van der Waals surface area (Å²) < 4.78 is 17.0. The van der Waals surface area contributed by atoms with Crippen LogP contribution in [-0.2, 0) is 16.3 Å². The summed E-state index contributed by atoms with van der Waals surface area (Å²) in [6.45, 7) is -1.27. The normalized spacial score (nSPS) is 11.2. The summed E-state index contributed by atoms with van der Waals surface area (Å²) in [4.78, 5) is 0. The van der Waals surface area contributed by atoms with Gasteiger partial charge in [-0.3, -0.25) is 10.2 Å². The number of ether oxygens (including phenoxy) is 2. The van der Waals surface area contributed by atoms with Gasteiger partial charge in [0.25, 0.3) is 0 Å². The van der Waals surface area contributed by atoms with E-state index in [-0.39, 0.29) is 0 Å². The Balaban J connectivity index is 1.78. The van der Waals surface area contributed by atoms with Gasteiger partial charge in [0.1, 0.15) is 23.9 Å². The van der Waals surface area contributed by atoms with Gasteiger partial charge in [-0.05, 0) is 62.3 Å². The minimum atomic E-state index is -2.12. The highest BCUT2D eigenvalue weighted by atomic mass is 32.4. The van der Waals surface area contributed by atoms with Crippen molar-refractivity contribution < 1.29 is 14.0 Å². The van der Waals surface area contributed by atoms with E-state index in [9.17, 15) is 0 Å². The van der Waals surface area contributed by atoms with Crippen molar-refractivity contribution in [3.05, 3.63) is 54.6 Å². The van der Waals surface area contributed by atoms with Crippen LogP contribution < -0.4 is 19.6 Å². The minimum Gasteiger partial charge on any atom is -0.491 e. The maximum Gasteiger partial charge on any atom is 0.197 e. The fourth-order valence-corrected chi connectivity index (χ4v) is 2.83. The van der Waals surface area contributed by atoms with Crippen LogP contribution in [0, 0.1) is 0 Å². The van der Waals surface area contributed by atoms with Gasteiger partial charge in [0.2, 0.25) is 0 Å². The second-order valence-electron chi connectivity index (χ2n) is 4.57. The molecule has 7 heteroatoms. The van der Waals surface area contributed by atoms with Crippen LogP contribution in [0.25, 0.3) is 0 Å². The molecule has 0 fully saturated rings. The molecule has 5 nitrogen and oxygen atoms in total. The average Bonchev–Trinajstić information content (AvgIpc) is 2.61. The van der Waals surface area contributed by atoms with E-state index in [1.54, 1.807) is 14.1 Å². The Morgan fingerprint density at radius 2 is 1.39 bits per heavy atom. The zero-order valence-corrected chi connectivity index (χ0v) is 14.9. The Bertz CT molecular complexity index is 630. The van der Waals surface area contributed by atoms with Gasteiger partial charge in [-0.2, -0.15) is 0 Å². The van der Waals surface area contributed by atoms with Crippen LogP contribution >= 0.6 is 6.57 Å². The Hall–Kier alpha value is -1.43. The third-order valence-electron chi connectivity index (χ3n) is 3.02. The van der Waals surface area contributed by atoms with Crippen molar-refractivity contribution in [1.29, 1.82) is 0 Å². The molecule has 124 valence electrons. The molecule has 0 aliphatic rings. The summed E-state index contributed by atoms with van der Waals surface area (Å²) in [7, 11) is 3.56. The average molecular weight is 352 g/mol. The van der Waals surface area contributed by atoms with Crippen molar-refractivity contribution in [3.8, 4) is 17.2 Å². The van der Waals surface area contributed by atoms with E-state index in [2.05, 4.69) is 10.2 Å². The maximum atomic E-state index is 5.73. The second kappa shape index (κ2) is 9.01. The molecule has 0 aliphatic carbocycles. The molecule has 2 N–H and O–H groups in total. The quantitative estimate of drug-likeness (QED) is 0.532. The van der Waals surface area contributed by atoms with Gasteiger partial charge in [0.15, 0.2) is 6.57 Å². The molecule has 0 saturated carbocycles. The zero-order valence-electron chi connectivity index (χ0n) is 13.2. The lowest BCUT2D eigenvalue weighted by Crippen LogP contribution is -2.19. The first-order chi connectivity index (χ1) is 11.1. The van der Waals surface area contributed by atoms with Crippen molar-refractivity contribution in [2.75, 3.05) is 27.3 Å². The predicted octanol–water partition coefficient (Wildman–Crippen LogP) is 3.54. The van der Waals surface area contributed by atoms with Gasteiger partial charge < -0.3 is 14.0 Å². The van der Waals surface area contributed by atoms with E-state index in [0.717, 1.165) is 17.2 Å². The van der Waals surface area contributed by atoms with Crippen LogP contribution in [0.4, 0.5) is 0 Å². The van der Waals surface area contributed by atoms with E-state index in [0.29, 0.717) is 13.2 Å². The predicted molar refractivity (Wildman–Crippen MR) is 96.8 cm³/mol. The van der Waals surface area contributed by atoms with Gasteiger partial charge >= 0.3 is 0 Å². The molecule has 0 atom stereocenters. The Labute approximate surface area is 142 Å². The van der Waals surface area contributed by atoms with Crippen LogP contribution in [0.1, 0.15) is 0 Å². The van der Waals surface area contributed by atoms with Crippen molar-refractivity contribution in [1.82, 2.24) is 10.2 Å². The number of hydrogen-bond donors (Lipinski definition) is 2. The Morgan fingerprint density at radius 3 is 2.00 bits per heavy atom. The third kappa shape index (κ3) is 5.94. The zero-order chi connectivity index (χ0) is 16.5. The van der Waals surface area contributed by atoms with Crippen LogP contribution in [0.2, 0.25) is 0 Å². The Kier molecular flexibility index (Phi) is 7.02. The van der Waals surface area contributed by atoms with Crippen LogP contribution in [0.15, 0.2) is 54.6 Å². The van der Waals surface area contributed by atoms with E-state index < -0.39 is 6.57 Å². The van der Waals surface area contributed by atoms with E-state index in [1.807, 2.05) is 54.6 Å². The van der Waals surface area contributed by atoms with Crippen LogP contribution in [0.3, 0.4) is 0 Å². The molecule has 0 unspecified atom stereocenters. The minimum absolute atomic E-state index is 0.418. The van der Waals surface area contributed by atoms with E-state index >= 15 is 0 Å². The lowest BCUT2D eigenvalue weighted by Gasteiger charge is -2.20. The van der Waals surface area contributed by atoms with Gasteiger partial charge in [-0.25, -0.2) is 0 Å². The van der Waals surface area contributed by atoms with Gasteiger partial charge in [0, 0.05) is 0 Å². The molecular weight excluding hydrogens is 331 g/mol. The second-order valence-corrected chi connectivity index (χ2v) is 8.37. The number of rotatable bonds is 9. The topological polar surface area (TPSA) is 51.8 Å². The molecule has 0 amide bonds. The highest BCUT2D eigenvalue weighted by Gasteiger charge is 2.11. The fourth-order valence-electron chi connectivity index (χ4n) is 1.79. The first-order valence-corrected chi connectivity index (χ1v) is 9.95. The summed E-state index contributed by atoms with van der Waals surface area (Å²) in [5, 5.41) is 5.96. The van der Waals surface area contributed by atoms with Crippen molar-refractivity contribution in [2.24, 2.45) is 0 Å². The summed E-state index contributed by atoms with van der Waals surface area (Å²) in [6, 6.07) is 17.1. The largest absolute Gasteiger partial charge is 0.491 e. The molecule has 2 rings (SSSR count). The molecule has 0 bridgehead atoms. The van der Waals surface area contributed by atoms with Gasteiger partial charge in [0.05, 0.1) is 6.61 Å². The fraction of sp³-hybridized carbons (Fsp3) is 0.250. The molecule has 0 radical (unpaired) electrons. The van der Waals surface area contributed by atoms with Crippen molar-refractivity contribution in [3.63, 3.8) is 0 Å². The molecule has 2 aromatic carbocycles. The lowest BCUT2D eigenvalue weighted by molar-refractivity contribution is 0.227. The van der Waals surface area contributed by atoms with Gasteiger partial charge in [-0.1, -0.05) is 18.2 Å². The highest BCUT2D eigenvalue weighted by molar-refractivity contribution is 8.10. The highest BCUT2D eigenvalue weighted by Crippen LogP contribution is 2.35. The number of para-hydroxylation sites is 1. The van der Waals surface area contributed by atoms with Crippen molar-refractivity contribution >= 4 is 18.4 Å². The summed E-state index contributed by atoms with van der Waals surface area (Å²) in [6.07, 6.45) is 0. The SMILES string of the molecule is CNP(=S)(NC)OCCOc1ccc(Oc2ccccc2)cc1. The standard InChI is InChI=1S/C16H21N2O3PS/c1-17-22(23,18-2)20-13-12-19-14-8-10-16(11-9-14)21-15-6-4-3-5-7-15/h3-11H,12-13H2,1-2H3,(H2,17,18,23). The Morgan fingerprint density at radius 1 is 0.826 bits per heavy atom. The van der Waals surface area contributed by atoms with Crippen LogP contribution in [-0.4, -0.2) is 27.3 Å². The monoisotopic (exact) mass is 352 g/mol. The summed E-state index contributed by atoms with van der Waals surface area (Å²) >= 11 is 5.31. The molecule has 0 heterocycles. The van der Waals surface area contributed by atoms with Crippen molar-refractivity contribution in [2.45, 2.75) is 0 Å². The molecule has 0 spiro atoms. The molecule has 0 aromatic heterocycles. The summed E-state index contributed by atoms with van der Waals surface area (Å²) in [5.41, 5.74) is 0. The maximum absolute atomic E-state index is 5.73. The molecule has 2 aromatic rings. The van der Waals surface area contributed by atoms with E-state index in [4.69, 9.17) is 25.8 Å². The van der Waals surface area contributed by atoms with Crippen LogP contribution in [0.5, 0.6) is 17.2 Å². The number of benzene rings is 2. The number of nitrogens with one attached hydrogen (secondary N) is 2. The summed E-state index contributed by atoms with van der Waals surface area (Å²) in [5.74, 6) is 2.33. The molecule has 0 saturated heterocycles. The van der Waals surface area contributed by atoms with E-state index in [1.165, 1.54) is 0 Å². The molecular formula is C16H21N2O3PS. The first kappa shape index (κ1) is 17.9. The van der Waals surface area contributed by atoms with Gasteiger partial charge in [-0.15, -0.1) is 0 Å². The smallest absolute Gasteiger partial charge is 0.197 e. The molecule has 0 aliphatic heterocycles. The lowest BCUT2D eigenvalue weighted by atomic mass is 10.3. The third-order valence-corrected chi connectivity index (χ3v) is 6.15. The first-order valence-electron chi connectivity index (χ1n) is 7.23. The number of hydrogen-bond acceptors (Lipinski definition) is 4. The molecule has 23 heavy (non-hydrogen) atoms.